The predicted molar refractivity (Wildman–Crippen MR) is 68.2 cm³/mol. The maximum Gasteiger partial charge on any atom is 0.260 e. The Kier molecular flexibility index (Phi) is 3.86. The minimum absolute atomic E-state index is 0.0783. The maximum absolute atomic E-state index is 13.6. The van der Waals surface area contributed by atoms with Crippen molar-refractivity contribution in [3.05, 3.63) is 35.5 Å². The molecule has 100 valence electrons. The zero-order valence-electron chi connectivity index (χ0n) is 10.6. The highest BCUT2D eigenvalue weighted by molar-refractivity contribution is 5.35. The van der Waals surface area contributed by atoms with Crippen LogP contribution in [0.1, 0.15) is 18.3 Å². The van der Waals surface area contributed by atoms with Crippen LogP contribution in [0, 0.1) is 12.7 Å². The number of nitrogens with zero attached hydrogens (tertiary/aromatic N) is 3. The monoisotopic (exact) mass is 263 g/mol. The molecule has 0 amide bonds. The van der Waals surface area contributed by atoms with Crippen molar-refractivity contribution in [1.29, 1.82) is 0 Å². The van der Waals surface area contributed by atoms with E-state index in [0.29, 0.717) is 12.2 Å². The second kappa shape index (κ2) is 5.57. The van der Waals surface area contributed by atoms with E-state index >= 15 is 0 Å². The molecule has 3 N–H and O–H groups in total. The van der Waals surface area contributed by atoms with E-state index in [1.54, 1.807) is 12.1 Å². The van der Waals surface area contributed by atoms with Crippen LogP contribution < -0.4 is 16.0 Å². The van der Waals surface area contributed by atoms with Crippen molar-refractivity contribution in [3.8, 4) is 11.6 Å². The molecule has 2 heterocycles. The van der Waals surface area contributed by atoms with E-state index in [1.807, 2.05) is 13.8 Å². The molecule has 0 aliphatic heterocycles. The van der Waals surface area contributed by atoms with Crippen LogP contribution in [0.5, 0.6) is 11.6 Å². The minimum atomic E-state index is -0.665. The van der Waals surface area contributed by atoms with Crippen LogP contribution in [0.15, 0.2) is 18.3 Å². The average Bonchev–Trinajstić information content (AvgIpc) is 2.43. The third-order valence-electron chi connectivity index (χ3n) is 2.45. The molecule has 0 unspecified atom stereocenters. The number of ether oxygens (including phenoxy) is 1. The zero-order chi connectivity index (χ0) is 13.8. The number of rotatable bonds is 4. The van der Waals surface area contributed by atoms with Crippen molar-refractivity contribution >= 4 is 5.95 Å². The summed E-state index contributed by atoms with van der Waals surface area (Å²) in [6.45, 7) is 3.82. The number of nitrogens with two attached hydrogens (primary N) is 1. The van der Waals surface area contributed by atoms with Crippen LogP contribution in [0.2, 0.25) is 0 Å². The number of hydrazine groups is 1. The first kappa shape index (κ1) is 13.2. The first-order valence-corrected chi connectivity index (χ1v) is 5.77. The van der Waals surface area contributed by atoms with Crippen molar-refractivity contribution in [2.75, 3.05) is 5.43 Å². The summed E-state index contributed by atoms with van der Waals surface area (Å²) < 4.78 is 19.0. The van der Waals surface area contributed by atoms with Crippen LogP contribution in [0.3, 0.4) is 0 Å². The first-order chi connectivity index (χ1) is 9.13. The summed E-state index contributed by atoms with van der Waals surface area (Å²) in [5.74, 6) is 4.86. The molecular formula is C12H14FN5O. The number of anilines is 1. The molecule has 2 aromatic heterocycles. The van der Waals surface area contributed by atoms with E-state index in [9.17, 15) is 4.39 Å². The average molecular weight is 263 g/mol. The van der Waals surface area contributed by atoms with Crippen LogP contribution in [-0.4, -0.2) is 15.0 Å². The van der Waals surface area contributed by atoms with Crippen molar-refractivity contribution in [2.24, 2.45) is 5.84 Å². The molecule has 0 saturated carbocycles. The fourth-order valence-electron chi connectivity index (χ4n) is 1.54. The number of nitrogens with one attached hydrogen (secondary N) is 1. The lowest BCUT2D eigenvalue weighted by molar-refractivity contribution is 0.414. The molecule has 2 aromatic rings. The van der Waals surface area contributed by atoms with E-state index in [1.165, 1.54) is 0 Å². The van der Waals surface area contributed by atoms with E-state index < -0.39 is 5.82 Å². The standard InChI is InChI=1S/C12H14FN5O/c1-3-9-10(5-4-7(2)16-9)19-11-8(13)6-15-12(17-11)18-14/h4-6H,3,14H2,1-2H3,(H,15,17,18). The van der Waals surface area contributed by atoms with Gasteiger partial charge in [0.2, 0.25) is 11.8 Å². The first-order valence-electron chi connectivity index (χ1n) is 5.77. The molecule has 7 heteroatoms. The summed E-state index contributed by atoms with van der Waals surface area (Å²) >= 11 is 0. The predicted octanol–water partition coefficient (Wildman–Crippen LogP) is 1.96. The summed E-state index contributed by atoms with van der Waals surface area (Å²) in [4.78, 5) is 11.8. The largest absolute Gasteiger partial charge is 0.434 e. The van der Waals surface area contributed by atoms with Gasteiger partial charge in [0.25, 0.3) is 5.88 Å². The molecule has 6 nitrogen and oxygen atoms in total. The second-order valence-electron chi connectivity index (χ2n) is 3.84. The molecule has 0 bridgehead atoms. The molecule has 0 saturated heterocycles. The van der Waals surface area contributed by atoms with Crippen LogP contribution in [0.25, 0.3) is 0 Å². The second-order valence-corrected chi connectivity index (χ2v) is 3.84. The summed E-state index contributed by atoms with van der Waals surface area (Å²) in [6.07, 6.45) is 1.66. The van der Waals surface area contributed by atoms with Gasteiger partial charge in [0.05, 0.1) is 11.9 Å². The number of aromatic nitrogens is 3. The van der Waals surface area contributed by atoms with Gasteiger partial charge in [0.1, 0.15) is 0 Å². The molecule has 19 heavy (non-hydrogen) atoms. The van der Waals surface area contributed by atoms with Crippen LogP contribution in [0.4, 0.5) is 10.3 Å². The highest BCUT2D eigenvalue weighted by Crippen LogP contribution is 2.25. The van der Waals surface area contributed by atoms with E-state index in [2.05, 4.69) is 20.4 Å². The highest BCUT2D eigenvalue weighted by atomic mass is 19.1. The van der Waals surface area contributed by atoms with Gasteiger partial charge in [-0.25, -0.2) is 10.8 Å². The third-order valence-corrected chi connectivity index (χ3v) is 2.45. The molecule has 0 aliphatic rings. The number of pyridine rings is 1. The zero-order valence-corrected chi connectivity index (χ0v) is 10.6. The Labute approximate surface area is 109 Å². The Morgan fingerprint density at radius 2 is 2.16 bits per heavy atom. The van der Waals surface area contributed by atoms with Gasteiger partial charge in [-0.3, -0.25) is 10.4 Å². The number of nitrogen functional groups attached to an aromatic ring is 1. The minimum Gasteiger partial charge on any atom is -0.434 e. The molecule has 0 aliphatic carbocycles. The van der Waals surface area contributed by atoms with Gasteiger partial charge < -0.3 is 4.74 Å². The van der Waals surface area contributed by atoms with Gasteiger partial charge in [0, 0.05) is 5.69 Å². The Bertz CT molecular complexity index is 590. The van der Waals surface area contributed by atoms with Crippen molar-refractivity contribution in [1.82, 2.24) is 15.0 Å². The summed E-state index contributed by atoms with van der Waals surface area (Å²) in [7, 11) is 0. The Morgan fingerprint density at radius 1 is 1.37 bits per heavy atom. The number of hydrogen-bond acceptors (Lipinski definition) is 6. The van der Waals surface area contributed by atoms with Gasteiger partial charge >= 0.3 is 0 Å². The van der Waals surface area contributed by atoms with E-state index in [4.69, 9.17) is 10.6 Å². The SMILES string of the molecule is CCc1nc(C)ccc1Oc1nc(NN)ncc1F. The smallest absolute Gasteiger partial charge is 0.260 e. The quantitative estimate of drug-likeness (QED) is 0.647. The molecule has 0 aromatic carbocycles. The van der Waals surface area contributed by atoms with Crippen molar-refractivity contribution in [3.63, 3.8) is 0 Å². The Hall–Kier alpha value is -2.28. The normalized spacial score (nSPS) is 10.3. The number of halogens is 1. The van der Waals surface area contributed by atoms with E-state index in [-0.39, 0.29) is 11.8 Å². The van der Waals surface area contributed by atoms with Gasteiger partial charge in [-0.05, 0) is 25.5 Å². The molecule has 0 spiro atoms. The van der Waals surface area contributed by atoms with E-state index in [0.717, 1.165) is 17.6 Å². The van der Waals surface area contributed by atoms with Crippen molar-refractivity contribution in [2.45, 2.75) is 20.3 Å². The Balaban J connectivity index is 2.35. The fourth-order valence-corrected chi connectivity index (χ4v) is 1.54. The molecular weight excluding hydrogens is 249 g/mol. The lowest BCUT2D eigenvalue weighted by Crippen LogP contribution is -2.11. The fraction of sp³-hybridized carbons (Fsp3) is 0.250. The number of aryl methyl sites for hydroxylation is 2. The molecule has 0 fully saturated rings. The maximum atomic E-state index is 13.6. The summed E-state index contributed by atoms with van der Waals surface area (Å²) in [6, 6.07) is 3.52. The summed E-state index contributed by atoms with van der Waals surface area (Å²) in [5, 5.41) is 0. The third kappa shape index (κ3) is 2.94. The lowest BCUT2D eigenvalue weighted by atomic mass is 10.2. The summed E-state index contributed by atoms with van der Waals surface area (Å²) in [5.41, 5.74) is 3.84. The lowest BCUT2D eigenvalue weighted by Gasteiger charge is -2.10. The van der Waals surface area contributed by atoms with Gasteiger partial charge in [0.15, 0.2) is 5.75 Å². The topological polar surface area (TPSA) is 86.0 Å². The van der Waals surface area contributed by atoms with Crippen LogP contribution >= 0.6 is 0 Å². The number of hydrogen-bond donors (Lipinski definition) is 2. The van der Waals surface area contributed by atoms with Crippen molar-refractivity contribution < 1.29 is 9.13 Å². The molecule has 2 rings (SSSR count). The molecule has 0 atom stereocenters. The molecule has 0 radical (unpaired) electrons. The Morgan fingerprint density at radius 3 is 2.84 bits per heavy atom. The van der Waals surface area contributed by atoms with Gasteiger partial charge in [-0.2, -0.15) is 9.37 Å². The van der Waals surface area contributed by atoms with Gasteiger partial charge in [-0.1, -0.05) is 6.92 Å². The highest BCUT2D eigenvalue weighted by Gasteiger charge is 2.12. The van der Waals surface area contributed by atoms with Crippen LogP contribution in [-0.2, 0) is 6.42 Å². The van der Waals surface area contributed by atoms with Gasteiger partial charge in [-0.15, -0.1) is 0 Å².